The number of para-hydroxylation sites is 1. The summed E-state index contributed by atoms with van der Waals surface area (Å²) >= 11 is 0. The van der Waals surface area contributed by atoms with Gasteiger partial charge in [0.15, 0.2) is 5.76 Å². The Kier molecular flexibility index (Phi) is 4.65. The van der Waals surface area contributed by atoms with Crippen LogP contribution in [0.1, 0.15) is 31.2 Å². The molecule has 0 aliphatic carbocycles. The van der Waals surface area contributed by atoms with Crippen LogP contribution in [0.3, 0.4) is 0 Å². The second-order valence-electron chi connectivity index (χ2n) is 6.32. The van der Waals surface area contributed by atoms with Crippen LogP contribution in [0, 0.1) is 0 Å². The largest absolute Gasteiger partial charge is 0.359 e. The lowest BCUT2D eigenvalue weighted by atomic mass is 10.1. The monoisotopic (exact) mass is 340 g/mol. The van der Waals surface area contributed by atoms with Crippen LogP contribution in [-0.4, -0.2) is 32.6 Å². The van der Waals surface area contributed by atoms with Gasteiger partial charge in [-0.3, -0.25) is 14.2 Å². The smallest absolute Gasteiger partial charge is 0.261 e. The van der Waals surface area contributed by atoms with Gasteiger partial charge in [-0.25, -0.2) is 4.98 Å². The summed E-state index contributed by atoms with van der Waals surface area (Å²) in [5, 5.41) is 4.48. The fourth-order valence-corrected chi connectivity index (χ4v) is 2.48. The molecule has 0 aliphatic rings. The molecule has 1 aromatic carbocycles. The van der Waals surface area contributed by atoms with Gasteiger partial charge >= 0.3 is 0 Å². The van der Waals surface area contributed by atoms with E-state index in [1.54, 1.807) is 25.2 Å². The number of nitrogens with zero attached hydrogens (tertiary/aromatic N) is 4. The quantitative estimate of drug-likeness (QED) is 0.711. The fraction of sp³-hybridized carbons (Fsp3) is 0.333. The lowest BCUT2D eigenvalue weighted by molar-refractivity contribution is -0.131. The Morgan fingerprint density at radius 2 is 2.08 bits per heavy atom. The number of aromatic nitrogens is 3. The molecule has 0 spiro atoms. The van der Waals surface area contributed by atoms with Crippen LogP contribution in [0.5, 0.6) is 0 Å². The molecule has 7 nitrogen and oxygen atoms in total. The van der Waals surface area contributed by atoms with Gasteiger partial charge in [0.1, 0.15) is 6.54 Å². The number of amides is 1. The van der Waals surface area contributed by atoms with Crippen molar-refractivity contribution in [2.45, 2.75) is 32.9 Å². The maximum Gasteiger partial charge on any atom is 0.261 e. The van der Waals surface area contributed by atoms with E-state index in [-0.39, 0.29) is 23.9 Å². The first-order chi connectivity index (χ1) is 12.0. The van der Waals surface area contributed by atoms with Gasteiger partial charge in [0.25, 0.3) is 5.56 Å². The Bertz CT molecular complexity index is 958. The fourth-order valence-electron chi connectivity index (χ4n) is 2.48. The van der Waals surface area contributed by atoms with Crippen molar-refractivity contribution in [2.24, 2.45) is 0 Å². The summed E-state index contributed by atoms with van der Waals surface area (Å²) in [4.78, 5) is 30.6. The zero-order valence-corrected chi connectivity index (χ0v) is 14.5. The molecule has 130 valence electrons. The second-order valence-corrected chi connectivity index (χ2v) is 6.32. The van der Waals surface area contributed by atoms with Gasteiger partial charge in [-0.05, 0) is 18.1 Å². The van der Waals surface area contributed by atoms with E-state index in [9.17, 15) is 9.59 Å². The predicted molar refractivity (Wildman–Crippen MR) is 93.1 cm³/mol. The van der Waals surface area contributed by atoms with Crippen molar-refractivity contribution in [2.75, 3.05) is 7.05 Å². The Morgan fingerprint density at radius 3 is 2.80 bits per heavy atom. The first-order valence-electron chi connectivity index (χ1n) is 8.09. The molecule has 0 unspecified atom stereocenters. The maximum atomic E-state index is 12.4. The second kappa shape index (κ2) is 6.88. The van der Waals surface area contributed by atoms with Gasteiger partial charge in [0, 0.05) is 13.1 Å². The number of hydrogen-bond donors (Lipinski definition) is 0. The van der Waals surface area contributed by atoms with E-state index in [0.717, 1.165) is 5.69 Å². The molecule has 0 saturated carbocycles. The van der Waals surface area contributed by atoms with Gasteiger partial charge in [0.05, 0.1) is 29.5 Å². The molecule has 0 fully saturated rings. The van der Waals surface area contributed by atoms with Crippen LogP contribution in [0.25, 0.3) is 10.9 Å². The molecule has 3 rings (SSSR count). The third-order valence-corrected chi connectivity index (χ3v) is 4.02. The first-order valence-corrected chi connectivity index (χ1v) is 8.09. The lowest BCUT2D eigenvalue weighted by Crippen LogP contribution is -2.33. The summed E-state index contributed by atoms with van der Waals surface area (Å²) in [7, 11) is 1.67. The van der Waals surface area contributed by atoms with Crippen molar-refractivity contribution in [3.63, 3.8) is 0 Å². The van der Waals surface area contributed by atoms with Gasteiger partial charge in [-0.1, -0.05) is 31.1 Å². The number of hydrogen-bond acceptors (Lipinski definition) is 5. The van der Waals surface area contributed by atoms with Gasteiger partial charge in [-0.2, -0.15) is 0 Å². The highest BCUT2D eigenvalue weighted by Gasteiger charge is 2.15. The molecule has 25 heavy (non-hydrogen) atoms. The van der Waals surface area contributed by atoms with E-state index in [1.165, 1.54) is 15.8 Å². The van der Waals surface area contributed by atoms with E-state index in [4.69, 9.17) is 4.52 Å². The highest BCUT2D eigenvalue weighted by atomic mass is 16.5. The third-order valence-electron chi connectivity index (χ3n) is 4.02. The molecule has 2 heterocycles. The van der Waals surface area contributed by atoms with Gasteiger partial charge < -0.3 is 9.42 Å². The highest BCUT2D eigenvalue weighted by Crippen LogP contribution is 2.15. The van der Waals surface area contributed by atoms with Crippen LogP contribution in [0.4, 0.5) is 0 Å². The van der Waals surface area contributed by atoms with Crippen LogP contribution >= 0.6 is 0 Å². The maximum absolute atomic E-state index is 12.4. The summed E-state index contributed by atoms with van der Waals surface area (Å²) < 4.78 is 6.57. The average molecular weight is 340 g/mol. The summed E-state index contributed by atoms with van der Waals surface area (Å²) in [6.07, 6.45) is 1.40. The molecule has 1 amide bonds. The van der Waals surface area contributed by atoms with Crippen LogP contribution < -0.4 is 5.56 Å². The predicted octanol–water partition coefficient (Wildman–Crippen LogP) is 2.17. The molecular weight excluding hydrogens is 320 g/mol. The number of rotatable bonds is 5. The van der Waals surface area contributed by atoms with Crippen molar-refractivity contribution in [3.8, 4) is 0 Å². The van der Waals surface area contributed by atoms with E-state index in [2.05, 4.69) is 10.1 Å². The summed E-state index contributed by atoms with van der Waals surface area (Å²) in [6.45, 7) is 4.28. The van der Waals surface area contributed by atoms with Crippen molar-refractivity contribution in [1.29, 1.82) is 0 Å². The minimum absolute atomic E-state index is 0.0711. The summed E-state index contributed by atoms with van der Waals surface area (Å²) in [6, 6.07) is 8.92. The van der Waals surface area contributed by atoms with Crippen molar-refractivity contribution in [3.05, 3.63) is 58.5 Å². The van der Waals surface area contributed by atoms with Crippen LogP contribution in [0.15, 0.2) is 46.0 Å². The van der Waals surface area contributed by atoms with Crippen molar-refractivity contribution >= 4 is 16.8 Å². The Morgan fingerprint density at radius 1 is 1.32 bits per heavy atom. The number of benzene rings is 1. The Labute approximate surface area is 144 Å². The van der Waals surface area contributed by atoms with E-state index >= 15 is 0 Å². The minimum atomic E-state index is -0.228. The van der Waals surface area contributed by atoms with Crippen LogP contribution in [-0.2, 0) is 17.9 Å². The highest BCUT2D eigenvalue weighted by molar-refractivity contribution is 5.78. The van der Waals surface area contributed by atoms with Gasteiger partial charge in [0.2, 0.25) is 5.91 Å². The zero-order chi connectivity index (χ0) is 18.0. The molecule has 0 N–H and O–H groups in total. The summed E-state index contributed by atoms with van der Waals surface area (Å²) in [5.74, 6) is 0.672. The number of likely N-dealkylation sites (N-methyl/N-ethyl adjacent to an activating group) is 1. The number of fused-ring (bicyclic) bond motifs is 1. The minimum Gasteiger partial charge on any atom is -0.359 e. The van der Waals surface area contributed by atoms with E-state index in [0.29, 0.717) is 23.2 Å². The Hall–Kier alpha value is -2.96. The molecule has 0 atom stereocenters. The zero-order valence-electron chi connectivity index (χ0n) is 14.5. The number of carbonyl (C=O) groups excluding carboxylic acids is 1. The van der Waals surface area contributed by atoms with E-state index < -0.39 is 0 Å². The van der Waals surface area contributed by atoms with Crippen LogP contribution in [0.2, 0.25) is 0 Å². The molecule has 0 saturated heterocycles. The first kappa shape index (κ1) is 16.9. The SMILES string of the molecule is CC(C)c1cc(CN(C)C(=O)Cn2cnc3ccccc3c2=O)on1. The molecular formula is C18H20N4O3. The number of carbonyl (C=O) groups is 1. The lowest BCUT2D eigenvalue weighted by Gasteiger charge is -2.16. The molecule has 7 heteroatoms. The average Bonchev–Trinajstić information content (AvgIpc) is 3.06. The molecule has 2 aromatic heterocycles. The molecule has 0 radical (unpaired) electrons. The normalized spacial score (nSPS) is 11.2. The molecule has 0 bridgehead atoms. The molecule has 3 aromatic rings. The summed E-state index contributed by atoms with van der Waals surface area (Å²) in [5.41, 5.74) is 1.24. The topological polar surface area (TPSA) is 81.2 Å². The molecule has 0 aliphatic heterocycles. The Balaban J connectivity index is 1.73. The third kappa shape index (κ3) is 3.60. The standard InChI is InChI=1S/C18H20N4O3/c1-12(2)16-8-13(25-20-16)9-21(3)17(23)10-22-11-19-15-7-5-4-6-14(15)18(22)24/h4-8,11-12H,9-10H2,1-3H3. The van der Waals surface area contributed by atoms with E-state index in [1.807, 2.05) is 26.0 Å². The van der Waals surface area contributed by atoms with Gasteiger partial charge in [-0.15, -0.1) is 0 Å². The van der Waals surface area contributed by atoms with Crippen molar-refractivity contribution in [1.82, 2.24) is 19.6 Å². The van der Waals surface area contributed by atoms with Crippen molar-refractivity contribution < 1.29 is 9.32 Å².